The molecule has 2 N–H and O–H groups in total. The zero-order valence-electron chi connectivity index (χ0n) is 12.4. The van der Waals surface area contributed by atoms with E-state index in [-0.39, 0.29) is 17.6 Å². The SMILES string of the molecule is Cc1ccc(NC(=O)c2ccccc2NC(C)C)c(F)c1. The van der Waals surface area contributed by atoms with E-state index in [1.165, 1.54) is 6.07 Å². The van der Waals surface area contributed by atoms with Crippen LogP contribution >= 0.6 is 0 Å². The van der Waals surface area contributed by atoms with Crippen molar-refractivity contribution in [1.29, 1.82) is 0 Å². The van der Waals surface area contributed by atoms with Gasteiger partial charge < -0.3 is 10.6 Å². The van der Waals surface area contributed by atoms with E-state index in [0.717, 1.165) is 11.3 Å². The number of para-hydroxylation sites is 1. The van der Waals surface area contributed by atoms with Crippen LogP contribution in [-0.4, -0.2) is 11.9 Å². The quantitative estimate of drug-likeness (QED) is 0.884. The van der Waals surface area contributed by atoms with Gasteiger partial charge in [-0.2, -0.15) is 0 Å². The zero-order valence-corrected chi connectivity index (χ0v) is 12.4. The Balaban J connectivity index is 2.24. The second-order valence-electron chi connectivity index (χ2n) is 5.28. The number of rotatable bonds is 4. The Morgan fingerprint density at radius 2 is 1.81 bits per heavy atom. The van der Waals surface area contributed by atoms with Crippen LogP contribution in [0.2, 0.25) is 0 Å². The predicted octanol–water partition coefficient (Wildman–Crippen LogP) is 4.21. The van der Waals surface area contributed by atoms with E-state index in [1.54, 1.807) is 31.2 Å². The molecule has 0 saturated heterocycles. The van der Waals surface area contributed by atoms with E-state index in [0.29, 0.717) is 5.56 Å². The first kappa shape index (κ1) is 15.0. The third-order valence-electron chi connectivity index (χ3n) is 2.99. The molecule has 0 saturated carbocycles. The van der Waals surface area contributed by atoms with E-state index >= 15 is 0 Å². The van der Waals surface area contributed by atoms with Crippen molar-refractivity contribution >= 4 is 17.3 Å². The number of carbonyl (C=O) groups excluding carboxylic acids is 1. The lowest BCUT2D eigenvalue weighted by atomic mass is 10.1. The lowest BCUT2D eigenvalue weighted by Gasteiger charge is -2.15. The van der Waals surface area contributed by atoms with E-state index in [1.807, 2.05) is 26.0 Å². The van der Waals surface area contributed by atoms with Crippen LogP contribution in [-0.2, 0) is 0 Å². The van der Waals surface area contributed by atoms with Gasteiger partial charge >= 0.3 is 0 Å². The van der Waals surface area contributed by atoms with Crippen molar-refractivity contribution in [3.63, 3.8) is 0 Å². The van der Waals surface area contributed by atoms with Crippen molar-refractivity contribution in [3.05, 3.63) is 59.4 Å². The molecule has 0 heterocycles. The Labute approximate surface area is 124 Å². The molecule has 110 valence electrons. The fourth-order valence-electron chi connectivity index (χ4n) is 2.03. The molecule has 0 fully saturated rings. The first-order chi connectivity index (χ1) is 9.97. The van der Waals surface area contributed by atoms with Crippen LogP contribution in [0.5, 0.6) is 0 Å². The molecule has 0 aliphatic carbocycles. The first-order valence-corrected chi connectivity index (χ1v) is 6.90. The van der Waals surface area contributed by atoms with Gasteiger partial charge in [-0.3, -0.25) is 4.79 Å². The summed E-state index contributed by atoms with van der Waals surface area (Å²) in [6.07, 6.45) is 0. The maximum atomic E-state index is 13.8. The smallest absolute Gasteiger partial charge is 0.257 e. The number of amides is 1. The number of anilines is 2. The van der Waals surface area contributed by atoms with Gasteiger partial charge in [0.05, 0.1) is 11.3 Å². The highest BCUT2D eigenvalue weighted by Crippen LogP contribution is 2.20. The Morgan fingerprint density at radius 3 is 2.48 bits per heavy atom. The van der Waals surface area contributed by atoms with Gasteiger partial charge in [0.2, 0.25) is 0 Å². The number of benzene rings is 2. The molecule has 2 aromatic carbocycles. The number of carbonyl (C=O) groups is 1. The van der Waals surface area contributed by atoms with Gasteiger partial charge in [0, 0.05) is 11.7 Å². The van der Waals surface area contributed by atoms with E-state index in [9.17, 15) is 9.18 Å². The largest absolute Gasteiger partial charge is 0.382 e. The van der Waals surface area contributed by atoms with Gasteiger partial charge in [-0.1, -0.05) is 18.2 Å². The summed E-state index contributed by atoms with van der Waals surface area (Å²) in [5, 5.41) is 5.82. The molecule has 0 aliphatic heterocycles. The average molecular weight is 286 g/mol. The second-order valence-corrected chi connectivity index (χ2v) is 5.28. The molecule has 3 nitrogen and oxygen atoms in total. The van der Waals surface area contributed by atoms with Gasteiger partial charge in [-0.15, -0.1) is 0 Å². The second kappa shape index (κ2) is 6.39. The van der Waals surface area contributed by atoms with Crippen LogP contribution < -0.4 is 10.6 Å². The van der Waals surface area contributed by atoms with Crippen molar-refractivity contribution < 1.29 is 9.18 Å². The molecular formula is C17H19FN2O. The summed E-state index contributed by atoms with van der Waals surface area (Å²) in [5.74, 6) is -0.765. The molecule has 2 rings (SSSR count). The minimum Gasteiger partial charge on any atom is -0.382 e. The molecule has 0 aromatic heterocycles. The molecule has 1 amide bonds. The molecule has 21 heavy (non-hydrogen) atoms. The highest BCUT2D eigenvalue weighted by Gasteiger charge is 2.13. The number of nitrogens with one attached hydrogen (secondary N) is 2. The first-order valence-electron chi connectivity index (χ1n) is 6.90. The Morgan fingerprint density at radius 1 is 1.10 bits per heavy atom. The summed E-state index contributed by atoms with van der Waals surface area (Å²) in [7, 11) is 0. The highest BCUT2D eigenvalue weighted by atomic mass is 19.1. The Hall–Kier alpha value is -2.36. The number of aryl methyl sites for hydroxylation is 1. The molecule has 2 aromatic rings. The molecule has 0 aliphatic rings. The van der Waals surface area contributed by atoms with Crippen LogP contribution in [0.1, 0.15) is 29.8 Å². The van der Waals surface area contributed by atoms with E-state index < -0.39 is 5.82 Å². The van der Waals surface area contributed by atoms with Crippen molar-refractivity contribution in [2.24, 2.45) is 0 Å². The van der Waals surface area contributed by atoms with Gasteiger partial charge in [0.1, 0.15) is 5.82 Å². The predicted molar refractivity (Wildman–Crippen MR) is 84.3 cm³/mol. The fourth-order valence-corrected chi connectivity index (χ4v) is 2.03. The monoisotopic (exact) mass is 286 g/mol. The van der Waals surface area contributed by atoms with Crippen LogP contribution in [0.15, 0.2) is 42.5 Å². The number of hydrogen-bond acceptors (Lipinski definition) is 2. The fraction of sp³-hybridized carbons (Fsp3) is 0.235. The van der Waals surface area contributed by atoms with Gasteiger partial charge in [-0.05, 0) is 50.6 Å². The van der Waals surface area contributed by atoms with Crippen molar-refractivity contribution in [1.82, 2.24) is 0 Å². The summed E-state index contributed by atoms with van der Waals surface area (Å²) in [6, 6.07) is 12.1. The normalized spacial score (nSPS) is 10.5. The summed E-state index contributed by atoms with van der Waals surface area (Å²) in [5.41, 5.74) is 2.22. The molecule has 0 unspecified atom stereocenters. The summed E-state index contributed by atoms with van der Waals surface area (Å²) in [4.78, 5) is 12.3. The molecule has 0 spiro atoms. The molecule has 0 radical (unpaired) electrons. The topological polar surface area (TPSA) is 41.1 Å². The van der Waals surface area contributed by atoms with Crippen molar-refractivity contribution in [2.75, 3.05) is 10.6 Å². The molecular weight excluding hydrogens is 267 g/mol. The standard InChI is InChI=1S/C17H19FN2O/c1-11(2)19-15-7-5-4-6-13(15)17(21)20-16-9-8-12(3)10-14(16)18/h4-11,19H,1-3H3,(H,20,21). The summed E-state index contributed by atoms with van der Waals surface area (Å²) < 4.78 is 13.8. The van der Waals surface area contributed by atoms with Gasteiger partial charge in [0.25, 0.3) is 5.91 Å². The molecule has 0 atom stereocenters. The lowest BCUT2D eigenvalue weighted by Crippen LogP contribution is -2.18. The summed E-state index contributed by atoms with van der Waals surface area (Å²) >= 11 is 0. The minimum atomic E-state index is -0.433. The maximum Gasteiger partial charge on any atom is 0.257 e. The molecule has 0 bridgehead atoms. The number of hydrogen-bond donors (Lipinski definition) is 2. The highest BCUT2D eigenvalue weighted by molar-refractivity contribution is 6.08. The van der Waals surface area contributed by atoms with Crippen LogP contribution in [0.3, 0.4) is 0 Å². The number of halogens is 1. The maximum absolute atomic E-state index is 13.8. The van der Waals surface area contributed by atoms with Crippen LogP contribution in [0, 0.1) is 12.7 Å². The van der Waals surface area contributed by atoms with E-state index in [4.69, 9.17) is 0 Å². The Bertz CT molecular complexity index is 653. The van der Waals surface area contributed by atoms with Gasteiger partial charge in [-0.25, -0.2) is 4.39 Å². The van der Waals surface area contributed by atoms with Crippen LogP contribution in [0.25, 0.3) is 0 Å². The average Bonchev–Trinajstić information content (AvgIpc) is 2.42. The third-order valence-corrected chi connectivity index (χ3v) is 2.99. The van der Waals surface area contributed by atoms with Crippen molar-refractivity contribution in [3.8, 4) is 0 Å². The molecule has 4 heteroatoms. The minimum absolute atomic E-state index is 0.185. The summed E-state index contributed by atoms with van der Waals surface area (Å²) in [6.45, 7) is 5.79. The van der Waals surface area contributed by atoms with Crippen LogP contribution in [0.4, 0.5) is 15.8 Å². The lowest BCUT2D eigenvalue weighted by molar-refractivity contribution is 0.102. The van der Waals surface area contributed by atoms with E-state index in [2.05, 4.69) is 10.6 Å². The Kier molecular flexibility index (Phi) is 4.58. The third kappa shape index (κ3) is 3.81. The van der Waals surface area contributed by atoms with Gasteiger partial charge in [0.15, 0.2) is 0 Å². The van der Waals surface area contributed by atoms with Crippen molar-refractivity contribution in [2.45, 2.75) is 26.8 Å². The zero-order chi connectivity index (χ0) is 15.4.